The molecule has 0 bridgehead atoms. The Hall–Kier alpha value is -5.58. The van der Waals surface area contributed by atoms with Gasteiger partial charge in [-0.15, -0.1) is 0 Å². The monoisotopic (exact) mass is 876 g/mol. The van der Waals surface area contributed by atoms with Gasteiger partial charge < -0.3 is 24.7 Å². The molecule has 2 saturated carbocycles. The molecule has 15 nitrogen and oxygen atoms in total. The maximum atomic E-state index is 13.9. The first-order valence-electron chi connectivity index (χ1n) is 22.3. The van der Waals surface area contributed by atoms with Crippen molar-refractivity contribution in [2.75, 3.05) is 49.6 Å². The summed E-state index contributed by atoms with van der Waals surface area (Å²) in [6.45, 7) is 9.06. The number of morpholine rings is 1. The number of aromatic nitrogens is 3. The number of nitrogens with one attached hydrogen (secondary N) is 3. The number of fused-ring (bicyclic) bond motifs is 1. The number of hydrogen-bond acceptors (Lipinski definition) is 12. The van der Waals surface area contributed by atoms with Crippen molar-refractivity contribution in [3.8, 4) is 11.5 Å². The number of amides is 1. The van der Waals surface area contributed by atoms with E-state index in [2.05, 4.69) is 72.9 Å². The van der Waals surface area contributed by atoms with Crippen molar-refractivity contribution in [2.45, 2.75) is 94.5 Å². The molecule has 4 aliphatic rings. The van der Waals surface area contributed by atoms with Gasteiger partial charge in [0.05, 0.1) is 42.1 Å². The molecule has 0 radical (unpaired) electrons. The fraction of sp³-hybridized carbons (Fsp3) is 0.468. The standard InChI is InChI=1S/C47H56N8O7S/c1-31(2)38-10-6-7-11-39(38)42-30-61-21-20-54(42)35-25-47(26-35)15-18-53(19-16-47)34-12-13-40(43(23-34)62-36-22-33-14-17-48-44(33)50-28-36)46(56)52-63(59,60)37-24-41(55(57)58)45(51-29-37)49-27-32-8-4-3-5-9-32/h6-7,10-14,17,22-24,28-29,31-32,35,42H,3-5,8-9,15-16,18-21,25-27,30H2,1-2H3,(H,48,50)(H,49,51)(H,52,56)/t42-/m1/s1. The van der Waals surface area contributed by atoms with Crippen LogP contribution in [0.3, 0.4) is 0 Å². The van der Waals surface area contributed by atoms with Crippen molar-refractivity contribution in [1.82, 2.24) is 24.6 Å². The van der Waals surface area contributed by atoms with E-state index in [1.165, 1.54) is 23.7 Å². The number of carbonyl (C=O) groups is 1. The van der Waals surface area contributed by atoms with Crippen LogP contribution in [0, 0.1) is 21.4 Å². The fourth-order valence-corrected chi connectivity index (χ4v) is 11.2. The SMILES string of the molecule is CC(C)c1ccccc1[C@H]1COCCN1C1CC2(CCN(c3ccc(C(=O)NS(=O)(=O)c4cnc(NCC5CCCCC5)c([N+](=O)[O-])c4)c(Oc4cnc5[nH]ccc5c4)c3)CC2)C1. The molecule has 1 spiro atoms. The molecule has 2 aromatic carbocycles. The lowest BCUT2D eigenvalue weighted by Crippen LogP contribution is -2.58. The van der Waals surface area contributed by atoms with Gasteiger partial charge >= 0.3 is 5.69 Å². The smallest absolute Gasteiger partial charge is 0.312 e. The molecule has 332 valence electrons. The van der Waals surface area contributed by atoms with Crippen LogP contribution in [0.15, 0.2) is 84.1 Å². The van der Waals surface area contributed by atoms with Gasteiger partial charge in [-0.2, -0.15) is 0 Å². The summed E-state index contributed by atoms with van der Waals surface area (Å²) in [5.74, 6) is 0.347. The number of hydrogen-bond donors (Lipinski definition) is 3. The van der Waals surface area contributed by atoms with Crippen LogP contribution in [0.4, 0.5) is 17.2 Å². The minimum absolute atomic E-state index is 0.00937. The number of aromatic amines is 1. The molecule has 9 rings (SSSR count). The lowest BCUT2D eigenvalue weighted by atomic mass is 9.59. The molecule has 2 aliphatic heterocycles. The van der Waals surface area contributed by atoms with Gasteiger partial charge in [-0.25, -0.2) is 23.1 Å². The van der Waals surface area contributed by atoms with Crippen LogP contribution in [0.5, 0.6) is 11.5 Å². The number of carbonyl (C=O) groups excluding carboxylic acids is 1. The molecule has 3 N–H and O–H groups in total. The van der Waals surface area contributed by atoms with E-state index in [0.717, 1.165) is 101 Å². The topological polar surface area (TPSA) is 185 Å². The molecule has 0 unspecified atom stereocenters. The first kappa shape index (κ1) is 42.7. The highest BCUT2D eigenvalue weighted by molar-refractivity contribution is 7.90. The molecule has 3 aromatic heterocycles. The van der Waals surface area contributed by atoms with Gasteiger partial charge in [0.2, 0.25) is 5.82 Å². The lowest BCUT2D eigenvalue weighted by Gasteiger charge is -2.57. The van der Waals surface area contributed by atoms with Crippen LogP contribution in [-0.2, 0) is 14.8 Å². The minimum Gasteiger partial charge on any atom is -0.455 e. The number of H-pyrrole nitrogens is 1. The third kappa shape index (κ3) is 9.11. The highest BCUT2D eigenvalue weighted by Crippen LogP contribution is 2.53. The number of piperidine rings is 1. The highest BCUT2D eigenvalue weighted by Gasteiger charge is 2.49. The number of rotatable bonds is 13. The Balaban J connectivity index is 0.905. The predicted molar refractivity (Wildman–Crippen MR) is 241 cm³/mol. The summed E-state index contributed by atoms with van der Waals surface area (Å²) < 4.78 is 41.8. The maximum Gasteiger partial charge on any atom is 0.312 e. The second-order valence-corrected chi connectivity index (χ2v) is 19.8. The van der Waals surface area contributed by atoms with E-state index < -0.39 is 31.4 Å². The van der Waals surface area contributed by atoms with E-state index in [-0.39, 0.29) is 28.6 Å². The van der Waals surface area contributed by atoms with E-state index in [0.29, 0.717) is 42.4 Å². The van der Waals surface area contributed by atoms with Gasteiger partial charge in [-0.1, -0.05) is 57.4 Å². The van der Waals surface area contributed by atoms with Crippen LogP contribution in [-0.4, -0.2) is 84.5 Å². The Bertz CT molecular complexity index is 2580. The Morgan fingerprint density at radius 3 is 2.59 bits per heavy atom. The number of benzene rings is 2. The average Bonchev–Trinajstić information content (AvgIpc) is 3.76. The van der Waals surface area contributed by atoms with Gasteiger partial charge in [-0.05, 0) is 91.2 Å². The van der Waals surface area contributed by atoms with Crippen LogP contribution in [0.25, 0.3) is 11.0 Å². The van der Waals surface area contributed by atoms with E-state index >= 15 is 0 Å². The zero-order valence-corrected chi connectivity index (χ0v) is 36.7. The van der Waals surface area contributed by atoms with Crippen molar-refractivity contribution in [3.05, 3.63) is 106 Å². The molecule has 4 fully saturated rings. The molecule has 2 aliphatic carbocycles. The lowest BCUT2D eigenvalue weighted by molar-refractivity contribution is -0.384. The Morgan fingerprint density at radius 2 is 1.81 bits per heavy atom. The van der Waals surface area contributed by atoms with Gasteiger partial charge in [0, 0.05) is 61.6 Å². The molecular formula is C47H56N8O7S. The second-order valence-electron chi connectivity index (χ2n) is 18.1. The predicted octanol–water partition coefficient (Wildman–Crippen LogP) is 8.72. The van der Waals surface area contributed by atoms with E-state index in [9.17, 15) is 23.3 Å². The highest BCUT2D eigenvalue weighted by atomic mass is 32.2. The zero-order valence-electron chi connectivity index (χ0n) is 35.9. The normalized spacial score (nSPS) is 19.9. The van der Waals surface area contributed by atoms with Crippen LogP contribution >= 0.6 is 0 Å². The molecular weight excluding hydrogens is 821 g/mol. The molecule has 1 atom stereocenters. The average molecular weight is 877 g/mol. The number of sulfonamides is 1. The molecule has 16 heteroatoms. The zero-order chi connectivity index (χ0) is 43.7. The summed E-state index contributed by atoms with van der Waals surface area (Å²) in [5.41, 5.74) is 4.04. The third-order valence-corrected chi connectivity index (χ3v) is 15.1. The fourth-order valence-electron chi connectivity index (χ4n) is 10.3. The Morgan fingerprint density at radius 1 is 1.02 bits per heavy atom. The van der Waals surface area contributed by atoms with Gasteiger partial charge in [0.25, 0.3) is 15.9 Å². The largest absolute Gasteiger partial charge is 0.455 e. The van der Waals surface area contributed by atoms with Crippen molar-refractivity contribution in [3.63, 3.8) is 0 Å². The summed E-state index contributed by atoms with van der Waals surface area (Å²) in [5, 5.41) is 15.9. The summed E-state index contributed by atoms with van der Waals surface area (Å²) in [6.07, 6.45) is 14.1. The molecule has 2 saturated heterocycles. The Labute approximate surface area is 368 Å². The third-order valence-electron chi connectivity index (χ3n) is 13.8. The van der Waals surface area contributed by atoms with Crippen molar-refractivity contribution >= 4 is 44.2 Å². The maximum absolute atomic E-state index is 13.9. The van der Waals surface area contributed by atoms with Crippen LogP contribution < -0.4 is 19.7 Å². The van der Waals surface area contributed by atoms with Crippen molar-refractivity contribution < 1.29 is 27.6 Å². The van der Waals surface area contributed by atoms with Crippen molar-refractivity contribution in [1.29, 1.82) is 0 Å². The quantitative estimate of drug-likeness (QED) is 0.0756. The van der Waals surface area contributed by atoms with E-state index in [4.69, 9.17) is 9.47 Å². The van der Waals surface area contributed by atoms with Gasteiger partial charge in [0.1, 0.15) is 22.0 Å². The summed E-state index contributed by atoms with van der Waals surface area (Å²) in [6, 6.07) is 19.3. The van der Waals surface area contributed by atoms with E-state index in [1.54, 1.807) is 24.4 Å². The number of ether oxygens (including phenoxy) is 2. The molecule has 5 heterocycles. The second kappa shape index (κ2) is 17.9. The first-order valence-corrected chi connectivity index (χ1v) is 23.8. The summed E-state index contributed by atoms with van der Waals surface area (Å²) in [4.78, 5) is 41.5. The Kier molecular flexibility index (Phi) is 12.1. The number of anilines is 2. The minimum atomic E-state index is -4.59. The number of pyridine rings is 2. The number of nitrogens with zero attached hydrogens (tertiary/aromatic N) is 5. The molecule has 5 aromatic rings. The van der Waals surface area contributed by atoms with Crippen LogP contribution in [0.1, 0.15) is 105 Å². The van der Waals surface area contributed by atoms with Gasteiger partial charge in [-0.3, -0.25) is 19.8 Å². The molecule has 1 amide bonds. The van der Waals surface area contributed by atoms with Gasteiger partial charge in [0.15, 0.2) is 0 Å². The summed E-state index contributed by atoms with van der Waals surface area (Å²) >= 11 is 0. The van der Waals surface area contributed by atoms with Crippen molar-refractivity contribution in [2.24, 2.45) is 11.3 Å². The first-order chi connectivity index (χ1) is 30.4. The molecule has 63 heavy (non-hydrogen) atoms. The summed E-state index contributed by atoms with van der Waals surface area (Å²) in [7, 11) is -4.59. The van der Waals surface area contributed by atoms with E-state index in [1.807, 2.05) is 12.1 Å². The van der Waals surface area contributed by atoms with Crippen LogP contribution in [0.2, 0.25) is 0 Å². The number of nitro groups is 1.